The molecule has 3 aliphatic heterocycles. The molecule has 5 rings (SSSR count). The molecule has 4 heterocycles. The van der Waals surface area contributed by atoms with Crippen LogP contribution in [0, 0.1) is 23.7 Å². The third-order valence-electron chi connectivity index (χ3n) is 14.3. The number of likely N-dealkylation sites (N-methyl/N-ethyl adjacent to an activating group) is 1. The maximum absolute atomic E-state index is 14.7. The number of benzene rings is 1. The van der Waals surface area contributed by atoms with E-state index in [4.69, 9.17) is 32.8 Å². The van der Waals surface area contributed by atoms with Crippen molar-refractivity contribution in [2.75, 3.05) is 27.7 Å². The predicted octanol–water partition coefficient (Wildman–Crippen LogP) is 3.38. The van der Waals surface area contributed by atoms with Crippen molar-refractivity contribution in [2.45, 2.75) is 179 Å². The minimum absolute atomic E-state index is 0.0327. The molecule has 1 amide bonds. The van der Waals surface area contributed by atoms with Crippen LogP contribution in [0.4, 0.5) is 0 Å². The molecule has 8 unspecified atom stereocenters. The SMILES string of the molecule is COC1(C)CC(O[C@H]2[C@H](C)[C@@H](OC3OC(C)CC(N(C)C)C3O)[C@](C)(O)C[C@@H](C)C(=O)[C@H](C)[C@@H](O)[C@](C)(O)[C@@H](CCNC(=O)Cc3ccc(-c4ccco4)cc3)OC(=O)[C@@H]2C)OC(C)C1O. The Morgan fingerprint density at radius 1 is 0.894 bits per heavy atom. The Morgan fingerprint density at radius 2 is 1.56 bits per heavy atom. The molecule has 17 nitrogen and oxygen atoms in total. The van der Waals surface area contributed by atoms with Gasteiger partial charge < -0.3 is 68.6 Å². The van der Waals surface area contributed by atoms with Crippen LogP contribution in [0.25, 0.3) is 11.3 Å². The van der Waals surface area contributed by atoms with Crippen LogP contribution in [0.2, 0.25) is 0 Å². The highest BCUT2D eigenvalue weighted by Crippen LogP contribution is 2.41. The molecule has 3 saturated heterocycles. The number of ether oxygens (including phenoxy) is 6. The molecule has 0 spiro atoms. The average Bonchev–Trinajstić information content (AvgIpc) is 3.81. The Kier molecular flexibility index (Phi) is 17.8. The lowest BCUT2D eigenvalue weighted by atomic mass is 9.74. The number of cyclic esters (lactones) is 1. The van der Waals surface area contributed by atoms with Crippen LogP contribution in [0.1, 0.15) is 93.6 Å². The van der Waals surface area contributed by atoms with E-state index in [-0.39, 0.29) is 50.3 Å². The molecule has 3 fully saturated rings. The normalized spacial score (nSPS) is 41.0. The van der Waals surface area contributed by atoms with Crippen molar-refractivity contribution in [3.8, 4) is 11.3 Å². The number of nitrogens with one attached hydrogen (secondary N) is 1. The molecular weight excluding hydrogens is 857 g/mol. The van der Waals surface area contributed by atoms with E-state index in [0.29, 0.717) is 12.2 Å². The first kappa shape index (κ1) is 53.6. The van der Waals surface area contributed by atoms with E-state index < -0.39 is 108 Å². The zero-order valence-electron chi connectivity index (χ0n) is 40.7. The van der Waals surface area contributed by atoms with Crippen LogP contribution in [0.15, 0.2) is 47.1 Å². The molecule has 0 aliphatic carbocycles. The Labute approximate surface area is 389 Å². The van der Waals surface area contributed by atoms with Crippen molar-refractivity contribution in [3.05, 3.63) is 48.2 Å². The van der Waals surface area contributed by atoms with E-state index in [9.17, 15) is 39.9 Å². The number of nitrogens with zero attached hydrogens (tertiary/aromatic N) is 1. The molecule has 17 heteroatoms. The summed E-state index contributed by atoms with van der Waals surface area (Å²) in [7, 11) is 5.13. The van der Waals surface area contributed by atoms with Crippen LogP contribution in [-0.2, 0) is 49.2 Å². The Hall–Kier alpha value is -3.33. The largest absolute Gasteiger partial charge is 0.464 e. The first-order valence-corrected chi connectivity index (χ1v) is 23.3. The standard InChI is InChI=1S/C49H76N2O15/c1-26-24-47(7,58)44(66-46-40(54)34(51(10)11)22-27(2)62-46)29(4)41(65-38-25-48(8,60-12)43(56)31(6)63-38)30(5)45(57)64-36(49(9,59)42(55)28(3)39(26)53)19-20-50-37(52)23-32-15-17-33(18-16-32)35-14-13-21-61-35/h13-18,21,26-31,34,36,38,40-44,46,54-56,58-59H,19-20,22-25H2,1-12H3,(H,50,52)/t26-,27?,28+,29+,30-,31?,34?,36-,38?,40?,41+,42-,43?,44-,46?,47-,48?,49-/m1/s1. The summed E-state index contributed by atoms with van der Waals surface area (Å²) in [4.78, 5) is 44.0. The fraction of sp³-hybridized carbons (Fsp3) is 0.735. The van der Waals surface area contributed by atoms with E-state index in [0.717, 1.165) is 11.1 Å². The van der Waals surface area contributed by atoms with Gasteiger partial charge in [-0.25, -0.2) is 0 Å². The van der Waals surface area contributed by atoms with Crippen molar-refractivity contribution in [3.63, 3.8) is 0 Å². The van der Waals surface area contributed by atoms with Crippen molar-refractivity contribution in [1.82, 2.24) is 10.2 Å². The Bertz CT molecular complexity index is 1890. The van der Waals surface area contributed by atoms with E-state index in [1.54, 1.807) is 46.9 Å². The number of hydrogen-bond acceptors (Lipinski definition) is 16. The van der Waals surface area contributed by atoms with Crippen molar-refractivity contribution < 1.29 is 72.8 Å². The number of carbonyl (C=O) groups excluding carboxylic acids is 3. The maximum atomic E-state index is 14.7. The number of aliphatic hydroxyl groups is 5. The van der Waals surface area contributed by atoms with Gasteiger partial charge in [0.25, 0.3) is 0 Å². The zero-order chi connectivity index (χ0) is 49.1. The van der Waals surface area contributed by atoms with E-state index in [2.05, 4.69) is 5.32 Å². The number of carbonyl (C=O) groups is 3. The highest BCUT2D eigenvalue weighted by atomic mass is 16.7. The number of aliphatic hydroxyl groups excluding tert-OH is 3. The van der Waals surface area contributed by atoms with Crippen molar-refractivity contribution in [2.24, 2.45) is 23.7 Å². The number of rotatable bonds is 12. The van der Waals surface area contributed by atoms with E-state index in [1.165, 1.54) is 27.9 Å². The lowest BCUT2D eigenvalue weighted by molar-refractivity contribution is -0.318. The number of methoxy groups -OCH3 is 1. The van der Waals surface area contributed by atoms with Gasteiger partial charge in [-0.3, -0.25) is 14.4 Å². The van der Waals surface area contributed by atoms with E-state index >= 15 is 0 Å². The average molecular weight is 933 g/mol. The highest BCUT2D eigenvalue weighted by molar-refractivity contribution is 5.83. The first-order chi connectivity index (χ1) is 30.8. The smallest absolute Gasteiger partial charge is 0.311 e. The molecule has 6 N–H and O–H groups in total. The zero-order valence-corrected chi connectivity index (χ0v) is 40.7. The fourth-order valence-corrected chi connectivity index (χ4v) is 10.1. The quantitative estimate of drug-likeness (QED) is 0.167. The van der Waals surface area contributed by atoms with Crippen LogP contribution in [0.5, 0.6) is 0 Å². The number of Topliss-reactive ketones (excluding diaryl/α,β-unsaturated/α-hetero) is 1. The van der Waals surface area contributed by atoms with Crippen LogP contribution >= 0.6 is 0 Å². The summed E-state index contributed by atoms with van der Waals surface area (Å²) in [6.07, 6.45) is -9.51. The van der Waals surface area contributed by atoms with Gasteiger partial charge in [-0.2, -0.15) is 0 Å². The predicted molar refractivity (Wildman–Crippen MR) is 241 cm³/mol. The summed E-state index contributed by atoms with van der Waals surface area (Å²) in [5.74, 6) is -5.26. The van der Waals surface area contributed by atoms with Gasteiger partial charge in [-0.15, -0.1) is 0 Å². The number of amides is 1. The molecule has 0 radical (unpaired) electrons. The van der Waals surface area contributed by atoms with Crippen LogP contribution in [-0.4, -0.2) is 160 Å². The van der Waals surface area contributed by atoms with Gasteiger partial charge >= 0.3 is 5.97 Å². The minimum Gasteiger partial charge on any atom is -0.464 e. The molecular formula is C49H76N2O15. The van der Waals surface area contributed by atoms with Crippen LogP contribution in [0.3, 0.4) is 0 Å². The molecule has 3 aliphatic rings. The van der Waals surface area contributed by atoms with Gasteiger partial charge in [0.2, 0.25) is 5.91 Å². The molecule has 0 saturated carbocycles. The maximum Gasteiger partial charge on any atom is 0.311 e. The highest BCUT2D eigenvalue weighted by Gasteiger charge is 2.53. The lowest BCUT2D eigenvalue weighted by Crippen LogP contribution is -2.61. The third-order valence-corrected chi connectivity index (χ3v) is 14.3. The number of furan rings is 1. The Morgan fingerprint density at radius 3 is 2.17 bits per heavy atom. The summed E-state index contributed by atoms with van der Waals surface area (Å²) < 4.78 is 43.1. The van der Waals surface area contributed by atoms with Gasteiger partial charge in [-0.05, 0) is 86.2 Å². The second-order valence-corrected chi connectivity index (χ2v) is 20.1. The van der Waals surface area contributed by atoms with Gasteiger partial charge in [0.05, 0.1) is 60.3 Å². The molecule has 372 valence electrons. The van der Waals surface area contributed by atoms with Crippen LogP contribution < -0.4 is 5.32 Å². The van der Waals surface area contributed by atoms with Gasteiger partial charge in [0.15, 0.2) is 12.6 Å². The molecule has 1 aromatic carbocycles. The Balaban J connectivity index is 1.49. The van der Waals surface area contributed by atoms with Gasteiger partial charge in [0.1, 0.15) is 35.5 Å². The summed E-state index contributed by atoms with van der Waals surface area (Å²) in [6.45, 7) is 14.3. The molecule has 18 atom stereocenters. The lowest BCUT2D eigenvalue weighted by Gasteiger charge is -2.49. The third kappa shape index (κ3) is 12.3. The number of hydrogen-bond donors (Lipinski definition) is 6. The van der Waals surface area contributed by atoms with E-state index in [1.807, 2.05) is 56.3 Å². The molecule has 1 aromatic heterocycles. The minimum atomic E-state index is -2.22. The number of ketones is 1. The van der Waals surface area contributed by atoms with Crippen molar-refractivity contribution >= 4 is 17.7 Å². The topological polar surface area (TPSA) is 236 Å². The first-order valence-electron chi connectivity index (χ1n) is 23.3. The summed E-state index contributed by atoms with van der Waals surface area (Å²) in [5.41, 5.74) is -3.61. The molecule has 2 aromatic rings. The second kappa shape index (κ2) is 22.0. The summed E-state index contributed by atoms with van der Waals surface area (Å²) in [5, 5.41) is 62.0. The monoisotopic (exact) mass is 933 g/mol. The fourth-order valence-electron chi connectivity index (χ4n) is 10.1. The van der Waals surface area contributed by atoms with Gasteiger partial charge in [-0.1, -0.05) is 45.0 Å². The second-order valence-electron chi connectivity index (χ2n) is 20.1. The summed E-state index contributed by atoms with van der Waals surface area (Å²) >= 11 is 0. The summed E-state index contributed by atoms with van der Waals surface area (Å²) in [6, 6.07) is 10.6. The number of esters is 1. The van der Waals surface area contributed by atoms with Gasteiger partial charge in [0, 0.05) is 55.9 Å². The van der Waals surface area contributed by atoms with Crippen molar-refractivity contribution in [1.29, 1.82) is 0 Å². The molecule has 66 heavy (non-hydrogen) atoms. The molecule has 0 bridgehead atoms.